The van der Waals surface area contributed by atoms with Crippen molar-refractivity contribution in [2.24, 2.45) is 0 Å². The van der Waals surface area contributed by atoms with Crippen molar-refractivity contribution in [1.29, 1.82) is 0 Å². The van der Waals surface area contributed by atoms with E-state index in [9.17, 15) is 55.7 Å². The van der Waals surface area contributed by atoms with Gasteiger partial charge >= 0.3 is 24.4 Å². The number of hydrogen-bond donors (Lipinski definition) is 5. The molecule has 0 saturated carbocycles. The predicted octanol–water partition coefficient (Wildman–Crippen LogP) is 0.933. The molecular weight excluding hydrogens is 536 g/mol. The molecule has 1 rings (SSSR count). The number of aliphatic hydroxyl groups is 2. The van der Waals surface area contributed by atoms with E-state index in [-0.39, 0.29) is 5.75 Å². The van der Waals surface area contributed by atoms with Crippen molar-refractivity contribution in [3.05, 3.63) is 30.3 Å². The van der Waals surface area contributed by atoms with Crippen molar-refractivity contribution >= 4 is 23.9 Å². The van der Waals surface area contributed by atoms with Crippen LogP contribution < -0.4 is 20.7 Å². The van der Waals surface area contributed by atoms with Gasteiger partial charge in [-0.1, -0.05) is 18.2 Å². The molecule has 17 heteroatoms. The number of hydrogen-bond acceptors (Lipinski definition) is 8. The van der Waals surface area contributed by atoms with E-state index in [1.807, 2.05) is 0 Å². The van der Waals surface area contributed by atoms with Gasteiger partial charge in [0.05, 0.1) is 32.2 Å². The summed E-state index contributed by atoms with van der Waals surface area (Å²) in [5, 5.41) is 24.2. The Balaban J connectivity index is 2.79. The summed E-state index contributed by atoms with van der Waals surface area (Å²) in [6.45, 7) is 0.871. The molecule has 0 spiro atoms. The average molecular weight is 561 g/mol. The molecule has 0 radical (unpaired) electrons. The van der Waals surface area contributed by atoms with Crippen molar-refractivity contribution in [3.8, 4) is 5.75 Å². The number of methoxy groups -OCH3 is 1. The molecule has 0 aliphatic rings. The molecule has 214 valence electrons. The number of carbonyl (C=O) groups is 4. The maximum Gasteiger partial charge on any atom is 0.413 e. The third-order valence-corrected chi connectivity index (χ3v) is 4.77. The number of ether oxygens (including phenoxy) is 2. The number of halogens is 6. The fraction of sp³-hybridized carbons (Fsp3) is 0.524. The van der Waals surface area contributed by atoms with E-state index >= 15 is 0 Å². The standard InChI is InChI=1S/C21H25F6N3O8/c1-10(18(35)29-16(20(22,23)24)13(32)9-15(34)37-2)28-14(33)8-12(31)17(21(25,26)27)30-19(36)38-11-6-4-3-5-7-11/h3-7,10,12-13,16-17,31-32H,8-9H2,1-2H3,(H,28,33)(H,29,35)(H,30,36). The van der Waals surface area contributed by atoms with Gasteiger partial charge in [-0.25, -0.2) is 4.79 Å². The Morgan fingerprint density at radius 3 is 1.84 bits per heavy atom. The molecule has 5 unspecified atom stereocenters. The van der Waals surface area contributed by atoms with E-state index in [0.29, 0.717) is 0 Å². The van der Waals surface area contributed by atoms with E-state index in [1.165, 1.54) is 34.9 Å². The summed E-state index contributed by atoms with van der Waals surface area (Å²) in [5.74, 6) is -4.24. The molecule has 0 aromatic heterocycles. The summed E-state index contributed by atoms with van der Waals surface area (Å²) in [5.41, 5.74) is 0. The topological polar surface area (TPSA) is 163 Å². The molecule has 38 heavy (non-hydrogen) atoms. The minimum atomic E-state index is -5.26. The zero-order valence-electron chi connectivity index (χ0n) is 19.8. The molecule has 0 bridgehead atoms. The van der Waals surface area contributed by atoms with Crippen LogP contribution in [-0.2, 0) is 19.1 Å². The Labute approximate surface area is 211 Å². The number of nitrogens with one attached hydrogen (secondary N) is 3. The summed E-state index contributed by atoms with van der Waals surface area (Å²) in [4.78, 5) is 47.2. The molecule has 1 aromatic rings. The smallest absolute Gasteiger partial charge is 0.413 e. The molecule has 11 nitrogen and oxygen atoms in total. The quantitative estimate of drug-likeness (QED) is 0.197. The molecule has 0 fully saturated rings. The Kier molecular flexibility index (Phi) is 11.8. The number of para-hydroxylation sites is 1. The van der Waals surface area contributed by atoms with Crippen molar-refractivity contribution in [3.63, 3.8) is 0 Å². The van der Waals surface area contributed by atoms with E-state index in [2.05, 4.69) is 9.47 Å². The van der Waals surface area contributed by atoms with Crippen LogP contribution in [-0.4, -0.2) is 83.9 Å². The van der Waals surface area contributed by atoms with Crippen LogP contribution in [0.4, 0.5) is 31.1 Å². The van der Waals surface area contributed by atoms with Crippen LogP contribution >= 0.6 is 0 Å². The summed E-state index contributed by atoms with van der Waals surface area (Å²) in [6.07, 6.45) is -19.6. The molecule has 5 N–H and O–H groups in total. The van der Waals surface area contributed by atoms with Crippen molar-refractivity contribution in [2.75, 3.05) is 7.11 Å². The van der Waals surface area contributed by atoms with Crippen LogP contribution in [0, 0.1) is 0 Å². The lowest BCUT2D eigenvalue weighted by Gasteiger charge is -2.28. The van der Waals surface area contributed by atoms with Crippen molar-refractivity contribution < 1.29 is 65.2 Å². The van der Waals surface area contributed by atoms with Gasteiger partial charge in [0.1, 0.15) is 11.8 Å². The molecule has 5 atom stereocenters. The summed E-state index contributed by atoms with van der Waals surface area (Å²) in [7, 11) is 0.855. The Hall–Kier alpha value is -3.60. The lowest BCUT2D eigenvalue weighted by atomic mass is 10.1. The first-order chi connectivity index (χ1) is 17.4. The maximum atomic E-state index is 13.4. The largest absolute Gasteiger partial charge is 0.469 e. The highest BCUT2D eigenvalue weighted by Crippen LogP contribution is 2.25. The molecular formula is C21H25F6N3O8. The van der Waals surface area contributed by atoms with Crippen LogP contribution in [0.15, 0.2) is 30.3 Å². The highest BCUT2D eigenvalue weighted by Gasteiger charge is 2.48. The number of aliphatic hydroxyl groups excluding tert-OH is 2. The lowest BCUT2D eigenvalue weighted by molar-refractivity contribution is -0.184. The molecule has 0 aliphatic heterocycles. The summed E-state index contributed by atoms with van der Waals surface area (Å²) in [6, 6.07) is -0.808. The van der Waals surface area contributed by atoms with Gasteiger partial charge in [0.15, 0.2) is 12.1 Å². The van der Waals surface area contributed by atoms with Crippen LogP contribution in [0.25, 0.3) is 0 Å². The summed E-state index contributed by atoms with van der Waals surface area (Å²) < 4.78 is 88.6. The normalized spacial score (nSPS) is 15.7. The first-order valence-corrected chi connectivity index (χ1v) is 10.6. The Bertz CT molecular complexity index is 961. The second-order valence-corrected chi connectivity index (χ2v) is 7.80. The van der Waals surface area contributed by atoms with Gasteiger partial charge in [0.2, 0.25) is 11.8 Å². The second-order valence-electron chi connectivity index (χ2n) is 7.80. The first-order valence-electron chi connectivity index (χ1n) is 10.6. The molecule has 0 heterocycles. The third kappa shape index (κ3) is 10.8. The van der Waals surface area contributed by atoms with Gasteiger partial charge in [0.25, 0.3) is 0 Å². The molecule has 0 saturated heterocycles. The molecule has 1 aromatic carbocycles. The van der Waals surface area contributed by atoms with Crippen LogP contribution in [0.5, 0.6) is 5.75 Å². The van der Waals surface area contributed by atoms with Crippen molar-refractivity contribution in [1.82, 2.24) is 16.0 Å². The zero-order valence-corrected chi connectivity index (χ0v) is 19.8. The minimum Gasteiger partial charge on any atom is -0.469 e. The van der Waals surface area contributed by atoms with Crippen LogP contribution in [0.2, 0.25) is 0 Å². The average Bonchev–Trinajstić information content (AvgIpc) is 2.79. The summed E-state index contributed by atoms with van der Waals surface area (Å²) >= 11 is 0. The van der Waals surface area contributed by atoms with E-state index < -0.39 is 79.4 Å². The zero-order chi connectivity index (χ0) is 29.3. The van der Waals surface area contributed by atoms with Crippen LogP contribution in [0.3, 0.4) is 0 Å². The highest BCUT2D eigenvalue weighted by molar-refractivity contribution is 5.87. The molecule has 0 aliphatic carbocycles. The van der Waals surface area contributed by atoms with Gasteiger partial charge in [-0.2, -0.15) is 26.3 Å². The van der Waals surface area contributed by atoms with Gasteiger partial charge < -0.3 is 35.6 Å². The number of rotatable bonds is 11. The minimum absolute atomic E-state index is 0.119. The van der Waals surface area contributed by atoms with E-state index in [1.54, 1.807) is 11.4 Å². The fourth-order valence-corrected chi connectivity index (χ4v) is 2.87. The van der Waals surface area contributed by atoms with E-state index in [4.69, 9.17) is 0 Å². The number of amides is 3. The fourth-order valence-electron chi connectivity index (χ4n) is 2.87. The number of alkyl halides is 6. The Morgan fingerprint density at radius 2 is 1.34 bits per heavy atom. The van der Waals surface area contributed by atoms with Crippen molar-refractivity contribution in [2.45, 2.75) is 62.5 Å². The number of benzene rings is 1. The SMILES string of the molecule is COC(=O)CC(O)C(NC(=O)C(C)NC(=O)CC(O)C(NC(=O)Oc1ccccc1)C(F)(F)F)C(F)(F)F. The van der Waals surface area contributed by atoms with Crippen LogP contribution in [0.1, 0.15) is 19.8 Å². The van der Waals surface area contributed by atoms with Gasteiger partial charge in [-0.05, 0) is 19.1 Å². The maximum absolute atomic E-state index is 13.4. The Morgan fingerprint density at radius 1 is 0.842 bits per heavy atom. The van der Waals surface area contributed by atoms with E-state index in [0.717, 1.165) is 14.0 Å². The monoisotopic (exact) mass is 561 g/mol. The number of carbonyl (C=O) groups excluding carboxylic acids is 4. The third-order valence-electron chi connectivity index (χ3n) is 4.77. The van der Waals surface area contributed by atoms with Gasteiger partial charge in [-0.3, -0.25) is 14.4 Å². The predicted molar refractivity (Wildman–Crippen MR) is 114 cm³/mol. The number of esters is 1. The van der Waals surface area contributed by atoms with Gasteiger partial charge in [0, 0.05) is 0 Å². The highest BCUT2D eigenvalue weighted by atomic mass is 19.4. The van der Waals surface area contributed by atoms with Gasteiger partial charge in [-0.15, -0.1) is 0 Å². The second kappa shape index (κ2) is 13.8. The molecule has 3 amide bonds. The first kappa shape index (κ1) is 32.4. The lowest BCUT2D eigenvalue weighted by Crippen LogP contribution is -2.58.